The predicted molar refractivity (Wildman–Crippen MR) is 104 cm³/mol. The topological polar surface area (TPSA) is 45.8 Å². The lowest BCUT2D eigenvalue weighted by molar-refractivity contribution is 0.104. The molecule has 3 nitrogen and oxygen atoms in total. The molecule has 2 aromatic carbocycles. The molecule has 0 atom stereocenters. The SMILES string of the molecule is Cc1cc(C(=O)/C=C/c2cc(-c3ccc(Cl)c(Cl)c3)n[nH]2)ccc1Cl. The van der Waals surface area contributed by atoms with Crippen LogP contribution in [-0.4, -0.2) is 16.0 Å². The number of aryl methyl sites for hydroxylation is 1. The summed E-state index contributed by atoms with van der Waals surface area (Å²) in [5, 5.41) is 8.70. The highest BCUT2D eigenvalue weighted by Crippen LogP contribution is 2.28. The first-order chi connectivity index (χ1) is 11.9. The Hall–Kier alpha value is -2.07. The number of hydrogen-bond donors (Lipinski definition) is 1. The van der Waals surface area contributed by atoms with Gasteiger partial charge in [-0.1, -0.05) is 40.9 Å². The first-order valence-corrected chi connectivity index (χ1v) is 8.57. The van der Waals surface area contributed by atoms with Crippen molar-refractivity contribution < 1.29 is 4.79 Å². The molecule has 1 heterocycles. The molecule has 0 saturated heterocycles. The average Bonchev–Trinajstić information content (AvgIpc) is 3.06. The number of allylic oxidation sites excluding steroid dienone is 1. The quantitative estimate of drug-likeness (QED) is 0.422. The Morgan fingerprint density at radius 3 is 2.48 bits per heavy atom. The zero-order valence-electron chi connectivity index (χ0n) is 13.2. The summed E-state index contributed by atoms with van der Waals surface area (Å²) in [6, 6.07) is 12.3. The summed E-state index contributed by atoms with van der Waals surface area (Å²) in [6.45, 7) is 1.86. The minimum absolute atomic E-state index is 0.106. The molecule has 1 aromatic heterocycles. The Morgan fingerprint density at radius 2 is 1.76 bits per heavy atom. The largest absolute Gasteiger partial charge is 0.289 e. The number of carbonyl (C=O) groups excluding carboxylic acids is 1. The third-order valence-electron chi connectivity index (χ3n) is 3.67. The van der Waals surface area contributed by atoms with Crippen molar-refractivity contribution in [3.05, 3.63) is 80.4 Å². The molecule has 0 saturated carbocycles. The van der Waals surface area contributed by atoms with Gasteiger partial charge in [-0.3, -0.25) is 9.89 Å². The van der Waals surface area contributed by atoms with Crippen LogP contribution >= 0.6 is 34.8 Å². The molecule has 6 heteroatoms. The van der Waals surface area contributed by atoms with Gasteiger partial charge < -0.3 is 0 Å². The lowest BCUT2D eigenvalue weighted by atomic mass is 10.1. The van der Waals surface area contributed by atoms with Crippen molar-refractivity contribution in [2.75, 3.05) is 0 Å². The maximum atomic E-state index is 12.2. The minimum Gasteiger partial charge on any atom is -0.289 e. The summed E-state index contributed by atoms with van der Waals surface area (Å²) in [4.78, 5) is 12.2. The molecule has 0 bridgehead atoms. The van der Waals surface area contributed by atoms with Crippen LogP contribution in [0.2, 0.25) is 15.1 Å². The van der Waals surface area contributed by atoms with Gasteiger partial charge in [0.15, 0.2) is 5.78 Å². The standard InChI is InChI=1S/C19H13Cl3N2O/c1-11-8-13(3-5-15(11)20)19(25)7-4-14-10-18(24-23-14)12-2-6-16(21)17(22)9-12/h2-10H,1H3,(H,23,24)/b7-4+. The molecule has 3 rings (SSSR count). The monoisotopic (exact) mass is 390 g/mol. The number of halogens is 3. The van der Waals surface area contributed by atoms with Crippen molar-refractivity contribution in [3.8, 4) is 11.3 Å². The smallest absolute Gasteiger partial charge is 0.185 e. The van der Waals surface area contributed by atoms with Gasteiger partial charge in [-0.2, -0.15) is 5.10 Å². The number of hydrogen-bond acceptors (Lipinski definition) is 2. The van der Waals surface area contributed by atoms with Crippen molar-refractivity contribution in [1.29, 1.82) is 0 Å². The summed E-state index contributed by atoms with van der Waals surface area (Å²) in [6.07, 6.45) is 3.18. The molecule has 0 unspecified atom stereocenters. The molecule has 3 aromatic rings. The second-order valence-corrected chi connectivity index (χ2v) is 6.72. The van der Waals surface area contributed by atoms with Crippen LogP contribution in [-0.2, 0) is 0 Å². The fourth-order valence-electron chi connectivity index (χ4n) is 2.28. The lowest BCUT2D eigenvalue weighted by Gasteiger charge is -2.00. The van der Waals surface area contributed by atoms with Crippen LogP contribution in [0, 0.1) is 6.92 Å². The zero-order valence-corrected chi connectivity index (χ0v) is 15.5. The van der Waals surface area contributed by atoms with Gasteiger partial charge in [-0.05, 0) is 61.0 Å². The van der Waals surface area contributed by atoms with Gasteiger partial charge in [0.25, 0.3) is 0 Å². The van der Waals surface area contributed by atoms with Gasteiger partial charge in [0, 0.05) is 16.1 Å². The van der Waals surface area contributed by atoms with E-state index < -0.39 is 0 Å². The molecule has 0 aliphatic carbocycles. The summed E-state index contributed by atoms with van der Waals surface area (Å²) in [5.74, 6) is -0.106. The Balaban J connectivity index is 1.78. The fourth-order valence-corrected chi connectivity index (χ4v) is 2.70. The first kappa shape index (κ1) is 17.7. The van der Waals surface area contributed by atoms with Gasteiger partial charge in [0.1, 0.15) is 0 Å². The molecule has 0 fully saturated rings. The summed E-state index contributed by atoms with van der Waals surface area (Å²) in [7, 11) is 0. The number of nitrogens with zero attached hydrogens (tertiary/aromatic N) is 1. The van der Waals surface area contributed by atoms with E-state index in [9.17, 15) is 4.79 Å². The normalized spacial score (nSPS) is 11.2. The number of nitrogens with one attached hydrogen (secondary N) is 1. The second-order valence-electron chi connectivity index (χ2n) is 5.50. The highest BCUT2D eigenvalue weighted by atomic mass is 35.5. The van der Waals surface area contributed by atoms with Crippen LogP contribution in [0.15, 0.2) is 48.5 Å². The molecule has 126 valence electrons. The third kappa shape index (κ3) is 4.13. The van der Waals surface area contributed by atoms with E-state index in [0.717, 1.165) is 11.1 Å². The van der Waals surface area contributed by atoms with Crippen molar-refractivity contribution in [3.63, 3.8) is 0 Å². The van der Waals surface area contributed by atoms with E-state index >= 15 is 0 Å². The zero-order chi connectivity index (χ0) is 18.0. The lowest BCUT2D eigenvalue weighted by Crippen LogP contribution is -1.94. The van der Waals surface area contributed by atoms with Crippen LogP contribution in [0.5, 0.6) is 0 Å². The average molecular weight is 392 g/mol. The molecule has 25 heavy (non-hydrogen) atoms. The van der Waals surface area contributed by atoms with Crippen molar-refractivity contribution in [1.82, 2.24) is 10.2 Å². The molecular formula is C19H13Cl3N2O. The van der Waals surface area contributed by atoms with Crippen LogP contribution in [0.3, 0.4) is 0 Å². The molecule has 0 amide bonds. The summed E-state index contributed by atoms with van der Waals surface area (Å²) < 4.78 is 0. The van der Waals surface area contributed by atoms with Gasteiger partial charge in [-0.25, -0.2) is 0 Å². The molecule has 0 aliphatic heterocycles. The molecule has 0 aliphatic rings. The van der Waals surface area contributed by atoms with E-state index in [1.165, 1.54) is 6.08 Å². The van der Waals surface area contributed by atoms with Crippen LogP contribution in [0.25, 0.3) is 17.3 Å². The maximum Gasteiger partial charge on any atom is 0.185 e. The highest BCUT2D eigenvalue weighted by molar-refractivity contribution is 6.42. The summed E-state index contributed by atoms with van der Waals surface area (Å²) >= 11 is 17.9. The molecule has 0 radical (unpaired) electrons. The van der Waals surface area contributed by atoms with E-state index in [1.807, 2.05) is 19.1 Å². The van der Waals surface area contributed by atoms with E-state index in [1.54, 1.807) is 36.4 Å². The third-order valence-corrected chi connectivity index (χ3v) is 4.83. The van der Waals surface area contributed by atoms with E-state index in [2.05, 4.69) is 10.2 Å². The Bertz CT molecular complexity index is 977. The van der Waals surface area contributed by atoms with Crippen LogP contribution < -0.4 is 0 Å². The number of benzene rings is 2. The van der Waals surface area contributed by atoms with Gasteiger partial charge >= 0.3 is 0 Å². The Kier molecular flexibility index (Phi) is 5.28. The molecular weight excluding hydrogens is 379 g/mol. The first-order valence-electron chi connectivity index (χ1n) is 7.43. The Labute approximate surface area is 160 Å². The second kappa shape index (κ2) is 7.44. The van der Waals surface area contributed by atoms with E-state index in [-0.39, 0.29) is 5.78 Å². The number of H-pyrrole nitrogens is 1. The van der Waals surface area contributed by atoms with Gasteiger partial charge in [-0.15, -0.1) is 0 Å². The molecule has 0 spiro atoms. The maximum absolute atomic E-state index is 12.2. The number of carbonyl (C=O) groups is 1. The van der Waals surface area contributed by atoms with E-state index in [4.69, 9.17) is 34.8 Å². The van der Waals surface area contributed by atoms with Crippen molar-refractivity contribution >= 4 is 46.7 Å². The van der Waals surface area contributed by atoms with Gasteiger partial charge in [0.2, 0.25) is 0 Å². The van der Waals surface area contributed by atoms with Gasteiger partial charge in [0.05, 0.1) is 21.4 Å². The number of aromatic nitrogens is 2. The predicted octanol–water partition coefficient (Wildman–Crippen LogP) is 6.24. The molecule has 1 N–H and O–H groups in total. The van der Waals surface area contributed by atoms with Crippen molar-refractivity contribution in [2.24, 2.45) is 0 Å². The number of ketones is 1. The van der Waals surface area contributed by atoms with Crippen LogP contribution in [0.1, 0.15) is 21.6 Å². The Morgan fingerprint density at radius 1 is 1.00 bits per heavy atom. The summed E-state index contributed by atoms with van der Waals surface area (Å²) in [5.41, 5.74) is 3.71. The van der Waals surface area contributed by atoms with Crippen molar-refractivity contribution in [2.45, 2.75) is 6.92 Å². The number of aromatic amines is 1. The number of rotatable bonds is 4. The minimum atomic E-state index is -0.106. The van der Waals surface area contributed by atoms with E-state index in [0.29, 0.717) is 32.0 Å². The van der Waals surface area contributed by atoms with Crippen LogP contribution in [0.4, 0.5) is 0 Å². The fraction of sp³-hybridized carbons (Fsp3) is 0.0526. The highest BCUT2D eigenvalue weighted by Gasteiger charge is 2.07.